The van der Waals surface area contributed by atoms with Crippen LogP contribution in [-0.4, -0.2) is 23.2 Å². The molecule has 1 N–H and O–H groups in total. The lowest BCUT2D eigenvalue weighted by molar-refractivity contribution is -0.487. The maximum Gasteiger partial charge on any atom is 0.451 e. The molecule has 0 unspecified atom stereocenters. The Kier molecular flexibility index (Phi) is 3.99. The molecule has 0 spiro atoms. The Morgan fingerprint density at radius 3 is 1.80 bits per heavy atom. The van der Waals surface area contributed by atoms with Gasteiger partial charge in [-0.1, -0.05) is 11.6 Å². The van der Waals surface area contributed by atoms with Crippen LogP contribution in [0.4, 0.5) is 30.7 Å². The van der Waals surface area contributed by atoms with Crippen molar-refractivity contribution in [2.24, 2.45) is 0 Å². The molecule has 2 nitrogen and oxygen atoms in total. The second-order valence-corrected chi connectivity index (χ2v) is 2.43. The highest BCUT2D eigenvalue weighted by Gasteiger charge is 2.75. The first kappa shape index (κ1) is 14.5. The van der Waals surface area contributed by atoms with Crippen LogP contribution >= 0.6 is 11.6 Å². The van der Waals surface area contributed by atoms with Crippen molar-refractivity contribution in [1.29, 1.82) is 0 Å². The van der Waals surface area contributed by atoms with Gasteiger partial charge in [-0.2, -0.15) is 31.2 Å². The topological polar surface area (TPSA) is 29.5 Å². The first-order valence-electron chi connectivity index (χ1n) is 2.97. The van der Waals surface area contributed by atoms with Crippen molar-refractivity contribution in [2.45, 2.75) is 18.0 Å². The Bertz CT molecular complexity index is 264. The van der Waals surface area contributed by atoms with E-state index in [1.165, 1.54) is 0 Å². The van der Waals surface area contributed by atoms with Gasteiger partial charge in [-0.25, -0.2) is 9.65 Å². The molecule has 0 aromatic heterocycles. The fourth-order valence-corrected chi connectivity index (χ4v) is 0.596. The maximum absolute atomic E-state index is 12.3. The summed E-state index contributed by atoms with van der Waals surface area (Å²) in [5.41, 5.74) is -0.638. The van der Waals surface area contributed by atoms with E-state index in [0.29, 0.717) is 0 Å². The van der Waals surface area contributed by atoms with Gasteiger partial charge in [0.2, 0.25) is 0 Å². The highest BCUT2D eigenvalue weighted by molar-refractivity contribution is 6.25. The van der Waals surface area contributed by atoms with Gasteiger partial charge in [-0.3, -0.25) is 0 Å². The normalized spacial score (nSPS) is 15.7. The zero-order valence-corrected chi connectivity index (χ0v) is 7.21. The summed E-state index contributed by atoms with van der Waals surface area (Å²) >= 11 is 4.34. The molecule has 0 radical (unpaired) electrons. The second-order valence-electron chi connectivity index (χ2n) is 2.21. The molecule has 0 atom stereocenters. The van der Waals surface area contributed by atoms with Crippen LogP contribution in [0.15, 0.2) is 11.4 Å². The monoisotopic (exact) mass is 262 g/mol. The predicted molar refractivity (Wildman–Crippen MR) is 33.6 cm³/mol. The van der Waals surface area contributed by atoms with Crippen LogP contribution in [0.1, 0.15) is 0 Å². The molecule has 0 saturated carbocycles. The SMILES string of the molecule is OOC(F)(F)C(F)(F)C(F)(F)C(F)=CCl. The first-order chi connectivity index (χ1) is 6.54. The summed E-state index contributed by atoms with van der Waals surface area (Å²) in [5.74, 6) is -15.2. The molecule has 0 aromatic carbocycles. The highest BCUT2D eigenvalue weighted by Crippen LogP contribution is 2.49. The molecule has 0 amide bonds. The van der Waals surface area contributed by atoms with E-state index in [-0.39, 0.29) is 0 Å². The Morgan fingerprint density at radius 2 is 1.53 bits per heavy atom. The summed E-state index contributed by atoms with van der Waals surface area (Å²) in [6, 6.07) is 0. The number of alkyl halides is 6. The summed E-state index contributed by atoms with van der Waals surface area (Å²) in [7, 11) is 0. The molecule has 15 heavy (non-hydrogen) atoms. The van der Waals surface area contributed by atoms with Crippen LogP contribution in [0.25, 0.3) is 0 Å². The van der Waals surface area contributed by atoms with E-state index >= 15 is 0 Å². The van der Waals surface area contributed by atoms with Crippen LogP contribution in [-0.2, 0) is 4.89 Å². The summed E-state index contributed by atoms with van der Waals surface area (Å²) in [5, 5.41) is 7.31. The van der Waals surface area contributed by atoms with Crippen molar-refractivity contribution in [3.8, 4) is 0 Å². The maximum atomic E-state index is 12.3. The van der Waals surface area contributed by atoms with Crippen molar-refractivity contribution in [1.82, 2.24) is 0 Å². The number of hydrogen-bond donors (Lipinski definition) is 1. The summed E-state index contributed by atoms with van der Waals surface area (Å²) in [4.78, 5) is 1.88. The van der Waals surface area contributed by atoms with E-state index in [9.17, 15) is 30.7 Å². The molecular formula is C5H2ClF7O2. The van der Waals surface area contributed by atoms with Gasteiger partial charge in [-0.05, 0) is 0 Å². The second kappa shape index (κ2) is 4.14. The number of allylic oxidation sites excluding steroid dienone is 1. The van der Waals surface area contributed by atoms with Crippen LogP contribution in [0, 0.1) is 0 Å². The molecule has 0 aliphatic carbocycles. The third-order valence-corrected chi connectivity index (χ3v) is 1.46. The Labute approximate surface area is 82.8 Å². The summed E-state index contributed by atoms with van der Waals surface area (Å²) < 4.78 is 85.3. The molecule has 0 rings (SSSR count). The van der Waals surface area contributed by atoms with Gasteiger partial charge in [0.15, 0.2) is 5.83 Å². The van der Waals surface area contributed by atoms with E-state index < -0.39 is 29.3 Å². The molecule has 0 bridgehead atoms. The van der Waals surface area contributed by atoms with Crippen LogP contribution in [0.5, 0.6) is 0 Å². The van der Waals surface area contributed by atoms with E-state index in [4.69, 9.17) is 5.26 Å². The molecule has 0 aliphatic rings. The molecule has 10 heteroatoms. The minimum atomic E-state index is -6.30. The first-order valence-corrected chi connectivity index (χ1v) is 3.40. The predicted octanol–water partition coefficient (Wildman–Crippen LogP) is 3.39. The minimum Gasteiger partial charge on any atom is -0.246 e. The molecule has 0 aromatic rings. The standard InChI is InChI=1S/C5H2ClF7O2/c6-1-2(7)3(8,9)4(10,11)5(12,13)15-14/h1,14H. The lowest BCUT2D eigenvalue weighted by Crippen LogP contribution is -2.55. The molecule has 0 heterocycles. The number of rotatable bonds is 4. The molecule has 0 saturated heterocycles. The highest BCUT2D eigenvalue weighted by atomic mass is 35.5. The van der Waals surface area contributed by atoms with Gasteiger partial charge in [0.25, 0.3) is 0 Å². The van der Waals surface area contributed by atoms with Gasteiger partial charge >= 0.3 is 18.0 Å². The average molecular weight is 263 g/mol. The molecule has 0 fully saturated rings. The molecule has 90 valence electrons. The Hall–Kier alpha value is -0.540. The van der Waals surface area contributed by atoms with Crippen LogP contribution in [0.3, 0.4) is 0 Å². The number of halogens is 8. The zero-order chi connectivity index (χ0) is 12.5. The van der Waals surface area contributed by atoms with E-state index in [1.807, 2.05) is 4.89 Å². The van der Waals surface area contributed by atoms with E-state index in [2.05, 4.69) is 11.6 Å². The third kappa shape index (κ3) is 2.18. The van der Waals surface area contributed by atoms with Gasteiger partial charge in [0.1, 0.15) is 0 Å². The van der Waals surface area contributed by atoms with E-state index in [0.717, 1.165) is 0 Å². The largest absolute Gasteiger partial charge is 0.451 e. The van der Waals surface area contributed by atoms with Crippen LogP contribution < -0.4 is 0 Å². The van der Waals surface area contributed by atoms with Gasteiger partial charge in [-0.15, -0.1) is 0 Å². The lowest BCUT2D eigenvalue weighted by atomic mass is 10.1. The molecular weight excluding hydrogens is 260 g/mol. The van der Waals surface area contributed by atoms with Crippen LogP contribution in [0.2, 0.25) is 0 Å². The lowest BCUT2D eigenvalue weighted by Gasteiger charge is -2.28. The van der Waals surface area contributed by atoms with Gasteiger partial charge < -0.3 is 0 Å². The van der Waals surface area contributed by atoms with Gasteiger partial charge in [0, 0.05) is 5.54 Å². The van der Waals surface area contributed by atoms with Crippen molar-refractivity contribution in [2.75, 3.05) is 0 Å². The van der Waals surface area contributed by atoms with Crippen molar-refractivity contribution in [3.05, 3.63) is 11.4 Å². The fourth-order valence-electron chi connectivity index (χ4n) is 0.459. The van der Waals surface area contributed by atoms with Crippen molar-refractivity contribution >= 4 is 11.6 Å². The van der Waals surface area contributed by atoms with E-state index in [1.54, 1.807) is 0 Å². The smallest absolute Gasteiger partial charge is 0.246 e. The number of hydrogen-bond acceptors (Lipinski definition) is 2. The summed E-state index contributed by atoms with van der Waals surface area (Å²) in [6.45, 7) is 0. The molecule has 0 aliphatic heterocycles. The Balaban J connectivity index is 5.37. The quantitative estimate of drug-likeness (QED) is 0.478. The average Bonchev–Trinajstić information content (AvgIpc) is 2.15. The van der Waals surface area contributed by atoms with Crippen molar-refractivity contribution in [3.63, 3.8) is 0 Å². The third-order valence-electron chi connectivity index (χ3n) is 1.27. The fraction of sp³-hybridized carbons (Fsp3) is 0.600. The van der Waals surface area contributed by atoms with Crippen molar-refractivity contribution < 1.29 is 40.9 Å². The zero-order valence-electron chi connectivity index (χ0n) is 6.46. The minimum absolute atomic E-state index is 0.638. The van der Waals surface area contributed by atoms with Gasteiger partial charge in [0.05, 0.1) is 0 Å². The summed E-state index contributed by atoms with van der Waals surface area (Å²) in [6.07, 6.45) is -5.96. The Morgan fingerprint density at radius 1 is 1.13 bits per heavy atom.